The molecule has 88 valence electrons. The smallest absolute Gasteiger partial charge is 0.131 e. The van der Waals surface area contributed by atoms with E-state index in [1.54, 1.807) is 0 Å². The third-order valence-corrected chi connectivity index (χ3v) is 3.31. The lowest BCUT2D eigenvalue weighted by Crippen LogP contribution is -2.52. The lowest BCUT2D eigenvalue weighted by atomic mass is 9.83. The van der Waals surface area contributed by atoms with Crippen LogP contribution in [0.25, 0.3) is 0 Å². The van der Waals surface area contributed by atoms with Crippen LogP contribution in [0.1, 0.15) is 18.4 Å². The summed E-state index contributed by atoms with van der Waals surface area (Å²) in [7, 11) is 1.82. The van der Waals surface area contributed by atoms with Crippen LogP contribution in [0.2, 0.25) is 0 Å². The van der Waals surface area contributed by atoms with Gasteiger partial charge in [-0.05, 0) is 32.5 Å². The zero-order chi connectivity index (χ0) is 11.6. The van der Waals surface area contributed by atoms with E-state index in [0.717, 1.165) is 25.5 Å². The van der Waals surface area contributed by atoms with Gasteiger partial charge in [-0.1, -0.05) is 6.07 Å². The van der Waals surface area contributed by atoms with E-state index in [-0.39, 0.29) is 0 Å². The lowest BCUT2D eigenvalue weighted by Gasteiger charge is -2.38. The first-order valence-corrected chi connectivity index (χ1v) is 5.53. The van der Waals surface area contributed by atoms with Crippen LogP contribution in [0.5, 0.6) is 0 Å². The largest absolute Gasteiger partial charge is 0.315 e. The Labute approximate surface area is 94.0 Å². The molecule has 0 bridgehead atoms. The fourth-order valence-corrected chi connectivity index (χ4v) is 2.36. The number of hydrogen-bond donors (Lipinski definition) is 2. The molecule has 2 rings (SSSR count). The van der Waals surface area contributed by atoms with Crippen LogP contribution in [0.3, 0.4) is 0 Å². The minimum absolute atomic E-state index is 0.407. The zero-order valence-electron chi connectivity index (χ0n) is 9.32. The summed E-state index contributed by atoms with van der Waals surface area (Å²) in [4.78, 5) is 0. The molecule has 1 saturated heterocycles. The highest BCUT2D eigenvalue weighted by molar-refractivity contribution is 5.28. The van der Waals surface area contributed by atoms with Gasteiger partial charge in [0.25, 0.3) is 0 Å². The molecule has 0 aliphatic carbocycles. The predicted octanol–water partition coefficient (Wildman–Crippen LogP) is 1.76. The maximum absolute atomic E-state index is 13.8. The van der Waals surface area contributed by atoms with Gasteiger partial charge >= 0.3 is 0 Å². The SMILES string of the molecule is CNC1(c2ccc(F)cc2F)CCCNC1. The number of likely N-dealkylation sites (N-methyl/N-ethyl adjacent to an activating group) is 1. The minimum Gasteiger partial charge on any atom is -0.315 e. The number of benzene rings is 1. The first kappa shape index (κ1) is 11.5. The maximum Gasteiger partial charge on any atom is 0.131 e. The van der Waals surface area contributed by atoms with Crippen molar-refractivity contribution in [3.63, 3.8) is 0 Å². The van der Waals surface area contributed by atoms with E-state index < -0.39 is 17.2 Å². The second-order valence-electron chi connectivity index (χ2n) is 4.24. The molecule has 0 saturated carbocycles. The molecule has 1 aromatic rings. The second-order valence-corrected chi connectivity index (χ2v) is 4.24. The summed E-state index contributed by atoms with van der Waals surface area (Å²) in [6.07, 6.45) is 1.84. The van der Waals surface area contributed by atoms with Gasteiger partial charge in [0.2, 0.25) is 0 Å². The molecule has 2 N–H and O–H groups in total. The number of nitrogens with one attached hydrogen (secondary N) is 2. The van der Waals surface area contributed by atoms with Crippen molar-refractivity contribution in [1.29, 1.82) is 0 Å². The second kappa shape index (κ2) is 4.47. The average molecular weight is 226 g/mol. The molecule has 1 heterocycles. The van der Waals surface area contributed by atoms with Crippen molar-refractivity contribution in [3.8, 4) is 0 Å². The van der Waals surface area contributed by atoms with E-state index in [1.807, 2.05) is 7.05 Å². The third kappa shape index (κ3) is 1.95. The first-order valence-electron chi connectivity index (χ1n) is 5.53. The van der Waals surface area contributed by atoms with Crippen molar-refractivity contribution in [2.24, 2.45) is 0 Å². The quantitative estimate of drug-likeness (QED) is 0.803. The average Bonchev–Trinajstić information content (AvgIpc) is 2.30. The van der Waals surface area contributed by atoms with Gasteiger partial charge in [-0.15, -0.1) is 0 Å². The van der Waals surface area contributed by atoms with Gasteiger partial charge in [-0.2, -0.15) is 0 Å². The summed E-state index contributed by atoms with van der Waals surface area (Å²) >= 11 is 0. The Kier molecular flexibility index (Phi) is 3.21. The lowest BCUT2D eigenvalue weighted by molar-refractivity contribution is 0.260. The Morgan fingerprint density at radius 1 is 1.38 bits per heavy atom. The Bertz CT molecular complexity index is 373. The number of piperidine rings is 1. The van der Waals surface area contributed by atoms with Crippen molar-refractivity contribution in [2.75, 3.05) is 20.1 Å². The molecule has 0 amide bonds. The van der Waals surface area contributed by atoms with Gasteiger partial charge < -0.3 is 10.6 Å². The van der Waals surface area contributed by atoms with Crippen molar-refractivity contribution in [3.05, 3.63) is 35.4 Å². The highest BCUT2D eigenvalue weighted by Gasteiger charge is 2.34. The van der Waals surface area contributed by atoms with Gasteiger partial charge in [0.1, 0.15) is 11.6 Å². The topological polar surface area (TPSA) is 24.1 Å². The number of hydrogen-bond acceptors (Lipinski definition) is 2. The Morgan fingerprint density at radius 3 is 2.75 bits per heavy atom. The molecule has 2 nitrogen and oxygen atoms in total. The van der Waals surface area contributed by atoms with E-state index in [2.05, 4.69) is 10.6 Å². The molecule has 4 heteroatoms. The molecule has 1 aliphatic heterocycles. The molecule has 16 heavy (non-hydrogen) atoms. The standard InChI is InChI=1S/C12H16F2N2/c1-15-12(5-2-6-16-8-12)10-4-3-9(13)7-11(10)14/h3-4,7,15-16H,2,5-6,8H2,1H3. The normalized spacial score (nSPS) is 25.7. The van der Waals surface area contributed by atoms with Gasteiger partial charge in [0, 0.05) is 18.2 Å². The summed E-state index contributed by atoms with van der Waals surface area (Å²) in [6.45, 7) is 1.62. The van der Waals surface area contributed by atoms with Crippen molar-refractivity contribution in [1.82, 2.24) is 10.6 Å². The Morgan fingerprint density at radius 2 is 2.19 bits per heavy atom. The molecule has 0 aromatic heterocycles. The number of rotatable bonds is 2. The molecule has 1 unspecified atom stereocenters. The van der Waals surface area contributed by atoms with Crippen molar-refractivity contribution in [2.45, 2.75) is 18.4 Å². The molecule has 1 atom stereocenters. The fourth-order valence-electron chi connectivity index (χ4n) is 2.36. The molecule has 1 aromatic carbocycles. The Balaban J connectivity index is 2.39. The van der Waals surface area contributed by atoms with E-state index in [0.29, 0.717) is 12.1 Å². The Hall–Kier alpha value is -1.00. The van der Waals surface area contributed by atoms with Gasteiger partial charge in [-0.3, -0.25) is 0 Å². The summed E-state index contributed by atoms with van der Waals surface area (Å²) in [5.41, 5.74) is 0.138. The minimum atomic E-state index is -0.531. The van der Waals surface area contributed by atoms with Crippen LogP contribution in [0, 0.1) is 11.6 Å². The van der Waals surface area contributed by atoms with E-state index in [1.165, 1.54) is 12.1 Å². The van der Waals surface area contributed by atoms with Gasteiger partial charge in [0.05, 0.1) is 5.54 Å². The first-order chi connectivity index (χ1) is 7.68. The zero-order valence-corrected chi connectivity index (χ0v) is 9.32. The van der Waals surface area contributed by atoms with E-state index in [9.17, 15) is 8.78 Å². The maximum atomic E-state index is 13.8. The highest BCUT2D eigenvalue weighted by atomic mass is 19.1. The molecule has 0 radical (unpaired) electrons. The molecular formula is C12H16F2N2. The van der Waals surface area contributed by atoms with Crippen molar-refractivity contribution >= 4 is 0 Å². The van der Waals surface area contributed by atoms with Crippen LogP contribution in [-0.4, -0.2) is 20.1 Å². The van der Waals surface area contributed by atoms with Crippen LogP contribution in [0.4, 0.5) is 8.78 Å². The van der Waals surface area contributed by atoms with E-state index in [4.69, 9.17) is 0 Å². The van der Waals surface area contributed by atoms with Crippen LogP contribution in [-0.2, 0) is 5.54 Å². The third-order valence-electron chi connectivity index (χ3n) is 3.31. The number of halogens is 2. The van der Waals surface area contributed by atoms with E-state index >= 15 is 0 Å². The van der Waals surface area contributed by atoms with Crippen LogP contribution >= 0.6 is 0 Å². The monoisotopic (exact) mass is 226 g/mol. The van der Waals surface area contributed by atoms with Crippen LogP contribution < -0.4 is 10.6 Å². The summed E-state index contributed by atoms with van der Waals surface area (Å²) in [6, 6.07) is 3.79. The fraction of sp³-hybridized carbons (Fsp3) is 0.500. The predicted molar refractivity (Wildman–Crippen MR) is 59.2 cm³/mol. The summed E-state index contributed by atoms with van der Waals surface area (Å²) in [5, 5.41) is 6.41. The molecular weight excluding hydrogens is 210 g/mol. The highest BCUT2D eigenvalue weighted by Crippen LogP contribution is 2.30. The molecule has 0 spiro atoms. The van der Waals surface area contributed by atoms with Crippen LogP contribution in [0.15, 0.2) is 18.2 Å². The van der Waals surface area contributed by atoms with Gasteiger partial charge in [-0.25, -0.2) is 8.78 Å². The molecule has 1 aliphatic rings. The summed E-state index contributed by atoms with van der Waals surface area (Å²) in [5.74, 6) is -1.01. The molecule has 1 fully saturated rings. The summed E-state index contributed by atoms with van der Waals surface area (Å²) < 4.78 is 26.6. The van der Waals surface area contributed by atoms with Gasteiger partial charge in [0.15, 0.2) is 0 Å². The van der Waals surface area contributed by atoms with Crippen molar-refractivity contribution < 1.29 is 8.78 Å².